The molecule has 1 aromatic rings. The molecule has 1 aliphatic rings. The standard InChI is InChI=1S/C17H22FNO4/c1-17(2,3)23-16(22)19-10-11(9-14(19)15(20)21)8-12-6-4-5-7-13(12)18/h4-7,11,14H,8-10H2,1-3H3,(H,20,21)/p-1/t11-,14+/m1/s1. The first-order valence-electron chi connectivity index (χ1n) is 7.61. The van der Waals surface area contributed by atoms with Crippen molar-refractivity contribution in [2.24, 2.45) is 5.92 Å². The van der Waals surface area contributed by atoms with Gasteiger partial charge in [0.2, 0.25) is 0 Å². The number of carboxylic acid groups (broad SMARTS) is 1. The number of ether oxygens (including phenoxy) is 1. The first-order valence-corrected chi connectivity index (χ1v) is 7.61. The van der Waals surface area contributed by atoms with Crippen molar-refractivity contribution in [3.63, 3.8) is 0 Å². The van der Waals surface area contributed by atoms with Gasteiger partial charge in [0, 0.05) is 6.54 Å². The summed E-state index contributed by atoms with van der Waals surface area (Å²) in [5.41, 5.74) is -0.197. The average molecular weight is 322 g/mol. The van der Waals surface area contributed by atoms with Crippen LogP contribution in [0.5, 0.6) is 0 Å². The third kappa shape index (κ3) is 4.43. The Morgan fingerprint density at radius 2 is 2.00 bits per heavy atom. The van der Waals surface area contributed by atoms with E-state index in [0.29, 0.717) is 12.0 Å². The summed E-state index contributed by atoms with van der Waals surface area (Å²) in [7, 11) is 0. The third-order valence-corrected chi connectivity index (χ3v) is 3.75. The summed E-state index contributed by atoms with van der Waals surface area (Å²) in [6.45, 7) is 5.35. The fraction of sp³-hybridized carbons (Fsp3) is 0.529. The van der Waals surface area contributed by atoms with Gasteiger partial charge in [-0.1, -0.05) is 18.2 Å². The predicted molar refractivity (Wildman–Crippen MR) is 79.9 cm³/mol. The second-order valence-electron chi connectivity index (χ2n) is 6.86. The van der Waals surface area contributed by atoms with E-state index in [1.807, 2.05) is 0 Å². The van der Waals surface area contributed by atoms with Crippen molar-refractivity contribution in [1.29, 1.82) is 0 Å². The Morgan fingerprint density at radius 1 is 1.35 bits per heavy atom. The monoisotopic (exact) mass is 322 g/mol. The van der Waals surface area contributed by atoms with Crippen molar-refractivity contribution >= 4 is 12.1 Å². The zero-order chi connectivity index (χ0) is 17.2. The van der Waals surface area contributed by atoms with Crippen molar-refractivity contribution in [1.82, 2.24) is 4.90 Å². The molecule has 0 aromatic heterocycles. The van der Waals surface area contributed by atoms with E-state index in [1.165, 1.54) is 11.0 Å². The molecule has 23 heavy (non-hydrogen) atoms. The Labute approximate surface area is 135 Å². The van der Waals surface area contributed by atoms with Gasteiger partial charge in [-0.15, -0.1) is 0 Å². The van der Waals surface area contributed by atoms with Crippen LogP contribution in [0.4, 0.5) is 9.18 Å². The number of carbonyl (C=O) groups excluding carboxylic acids is 2. The van der Waals surface area contributed by atoms with Gasteiger partial charge in [-0.3, -0.25) is 4.90 Å². The highest BCUT2D eigenvalue weighted by Gasteiger charge is 2.38. The average Bonchev–Trinajstić information content (AvgIpc) is 2.84. The molecule has 1 aromatic carbocycles. The van der Waals surface area contributed by atoms with Crippen LogP contribution in [0.2, 0.25) is 0 Å². The number of rotatable bonds is 3. The van der Waals surface area contributed by atoms with Crippen LogP contribution in [0.3, 0.4) is 0 Å². The van der Waals surface area contributed by atoms with Gasteiger partial charge in [0.1, 0.15) is 11.4 Å². The molecule has 6 heteroatoms. The molecule has 2 rings (SSSR count). The maximum absolute atomic E-state index is 13.7. The van der Waals surface area contributed by atoms with Gasteiger partial charge >= 0.3 is 6.09 Å². The summed E-state index contributed by atoms with van der Waals surface area (Å²) in [4.78, 5) is 24.7. The van der Waals surface area contributed by atoms with E-state index < -0.39 is 23.7 Å². The van der Waals surface area contributed by atoms with Crippen molar-refractivity contribution in [2.45, 2.75) is 45.3 Å². The van der Waals surface area contributed by atoms with E-state index in [-0.39, 0.29) is 24.7 Å². The van der Waals surface area contributed by atoms with Crippen LogP contribution in [0, 0.1) is 11.7 Å². The fourth-order valence-corrected chi connectivity index (χ4v) is 2.79. The molecular weight excluding hydrogens is 301 g/mol. The molecule has 1 amide bonds. The molecule has 0 N–H and O–H groups in total. The number of carbonyl (C=O) groups is 2. The van der Waals surface area contributed by atoms with Gasteiger partial charge in [-0.2, -0.15) is 0 Å². The van der Waals surface area contributed by atoms with E-state index in [9.17, 15) is 19.1 Å². The largest absolute Gasteiger partial charge is 0.548 e. The molecule has 2 atom stereocenters. The molecule has 0 radical (unpaired) electrons. The molecular formula is C17H21FNO4-. The van der Waals surface area contributed by atoms with Crippen LogP contribution in [0.15, 0.2) is 24.3 Å². The SMILES string of the molecule is CC(C)(C)OC(=O)N1C[C@H](Cc2ccccc2F)C[C@H]1C(=O)[O-]. The van der Waals surface area contributed by atoms with Crippen molar-refractivity contribution < 1.29 is 23.8 Å². The summed E-state index contributed by atoms with van der Waals surface area (Å²) < 4.78 is 19.0. The lowest BCUT2D eigenvalue weighted by Gasteiger charge is -2.28. The lowest BCUT2D eigenvalue weighted by molar-refractivity contribution is -0.310. The highest BCUT2D eigenvalue weighted by molar-refractivity contribution is 5.79. The van der Waals surface area contributed by atoms with Gasteiger partial charge in [0.15, 0.2) is 0 Å². The maximum atomic E-state index is 13.7. The molecule has 1 aliphatic heterocycles. The minimum Gasteiger partial charge on any atom is -0.548 e. The van der Waals surface area contributed by atoms with Crippen LogP contribution < -0.4 is 5.11 Å². The number of halogens is 1. The van der Waals surface area contributed by atoms with Gasteiger partial charge < -0.3 is 14.6 Å². The number of aliphatic carboxylic acids is 1. The maximum Gasteiger partial charge on any atom is 0.410 e. The van der Waals surface area contributed by atoms with E-state index >= 15 is 0 Å². The van der Waals surface area contributed by atoms with E-state index in [2.05, 4.69) is 0 Å². The number of nitrogens with zero attached hydrogens (tertiary/aromatic N) is 1. The van der Waals surface area contributed by atoms with Crippen LogP contribution in [0.1, 0.15) is 32.8 Å². The van der Waals surface area contributed by atoms with E-state index in [0.717, 1.165) is 0 Å². The van der Waals surface area contributed by atoms with E-state index in [4.69, 9.17) is 4.74 Å². The van der Waals surface area contributed by atoms with Crippen LogP contribution in [-0.4, -0.2) is 35.2 Å². The Bertz CT molecular complexity index is 597. The summed E-state index contributed by atoms with van der Waals surface area (Å²) in [5.74, 6) is -1.79. The third-order valence-electron chi connectivity index (χ3n) is 3.75. The normalized spacial score (nSPS) is 21.3. The summed E-state index contributed by atoms with van der Waals surface area (Å²) in [6, 6.07) is 5.33. The first kappa shape index (κ1) is 17.2. The second-order valence-corrected chi connectivity index (χ2v) is 6.86. The van der Waals surface area contributed by atoms with Gasteiger partial charge in [0.25, 0.3) is 0 Å². The number of benzene rings is 1. The topological polar surface area (TPSA) is 69.7 Å². The number of carboxylic acids is 1. The highest BCUT2D eigenvalue weighted by atomic mass is 19.1. The van der Waals surface area contributed by atoms with E-state index in [1.54, 1.807) is 39.0 Å². The predicted octanol–water partition coefficient (Wildman–Crippen LogP) is 1.74. The molecule has 0 aliphatic carbocycles. The number of hydrogen-bond donors (Lipinski definition) is 0. The second kappa shape index (κ2) is 6.56. The smallest absolute Gasteiger partial charge is 0.410 e. The number of likely N-dealkylation sites (tertiary alicyclic amines) is 1. The quantitative estimate of drug-likeness (QED) is 0.850. The molecule has 0 spiro atoms. The van der Waals surface area contributed by atoms with Crippen LogP contribution in [-0.2, 0) is 16.0 Å². The first-order chi connectivity index (χ1) is 10.7. The minimum atomic E-state index is -1.31. The molecule has 126 valence electrons. The molecule has 1 heterocycles. The lowest BCUT2D eigenvalue weighted by Crippen LogP contribution is -2.48. The highest BCUT2D eigenvalue weighted by Crippen LogP contribution is 2.28. The Hall–Kier alpha value is -2.11. The molecule has 0 unspecified atom stereocenters. The Kier molecular flexibility index (Phi) is 4.92. The van der Waals surface area contributed by atoms with Crippen LogP contribution >= 0.6 is 0 Å². The lowest BCUT2D eigenvalue weighted by atomic mass is 9.96. The van der Waals surface area contributed by atoms with Gasteiger partial charge in [0.05, 0.1) is 12.0 Å². The van der Waals surface area contributed by atoms with Crippen LogP contribution in [0.25, 0.3) is 0 Å². The molecule has 0 bridgehead atoms. The number of amides is 1. The van der Waals surface area contributed by atoms with Gasteiger partial charge in [-0.05, 0) is 51.2 Å². The summed E-state index contributed by atoms with van der Waals surface area (Å²) in [5, 5.41) is 11.3. The zero-order valence-electron chi connectivity index (χ0n) is 13.5. The van der Waals surface area contributed by atoms with Gasteiger partial charge in [-0.25, -0.2) is 9.18 Å². The Balaban J connectivity index is 2.10. The molecule has 1 fully saturated rings. The summed E-state index contributed by atoms with van der Waals surface area (Å²) in [6.07, 6.45) is -0.0752. The molecule has 0 saturated carbocycles. The number of hydrogen-bond acceptors (Lipinski definition) is 4. The fourth-order valence-electron chi connectivity index (χ4n) is 2.79. The Morgan fingerprint density at radius 3 is 2.57 bits per heavy atom. The van der Waals surface area contributed by atoms with Crippen molar-refractivity contribution in [2.75, 3.05) is 6.54 Å². The van der Waals surface area contributed by atoms with Crippen molar-refractivity contribution in [3.8, 4) is 0 Å². The van der Waals surface area contributed by atoms with Crippen molar-refractivity contribution in [3.05, 3.63) is 35.6 Å². The zero-order valence-corrected chi connectivity index (χ0v) is 13.5. The minimum absolute atomic E-state index is 0.151. The molecule has 1 saturated heterocycles. The molecule has 5 nitrogen and oxygen atoms in total. The summed E-state index contributed by atoms with van der Waals surface area (Å²) >= 11 is 0.